The van der Waals surface area contributed by atoms with Crippen LogP contribution in [0, 0.1) is 0 Å². The molecule has 0 saturated carbocycles. The van der Waals surface area contributed by atoms with Crippen molar-refractivity contribution in [3.63, 3.8) is 0 Å². The van der Waals surface area contributed by atoms with Crippen molar-refractivity contribution in [2.45, 2.75) is 44.5 Å². The molecule has 5 aromatic rings. The van der Waals surface area contributed by atoms with E-state index in [-0.39, 0.29) is 36.7 Å². The van der Waals surface area contributed by atoms with E-state index in [1.807, 2.05) is 36.4 Å². The first-order chi connectivity index (χ1) is 22.4. The standard InChI is InChI=1S/C39H36N2O5/c1-25(30-16-15-27-7-3-4-8-31(27)21-30)40(2)23-33-22-36(28-13-11-26(24-42)12-14-28)46-39(45-33)29-17-19-32(20-18-29)41-37(43)34-9-5-6-10-35(34)38(41)44/h3-21,25,33,36,39,42H,22-24H2,1-2H3/t25-,33+,36-,39-/m1/s1. The zero-order chi connectivity index (χ0) is 31.8. The number of carbonyl (C=O) groups excluding carboxylic acids is 2. The van der Waals surface area contributed by atoms with Gasteiger partial charge in [-0.3, -0.25) is 14.5 Å². The molecule has 0 bridgehead atoms. The average molecular weight is 613 g/mol. The predicted octanol–water partition coefficient (Wildman–Crippen LogP) is 7.37. The smallest absolute Gasteiger partial charge is 0.266 e. The Morgan fingerprint density at radius 2 is 1.41 bits per heavy atom. The molecule has 2 amide bonds. The van der Waals surface area contributed by atoms with E-state index in [1.54, 1.807) is 36.4 Å². The van der Waals surface area contributed by atoms with Gasteiger partial charge in [0, 0.05) is 24.6 Å². The number of hydrogen-bond donors (Lipinski definition) is 1. The largest absolute Gasteiger partial charge is 0.392 e. The first-order valence-corrected chi connectivity index (χ1v) is 15.7. The summed E-state index contributed by atoms with van der Waals surface area (Å²) in [5.41, 5.74) is 5.23. The van der Waals surface area contributed by atoms with Crippen LogP contribution in [0.1, 0.15) is 74.8 Å². The zero-order valence-electron chi connectivity index (χ0n) is 25.9. The molecule has 1 fully saturated rings. The molecule has 7 nitrogen and oxygen atoms in total. The number of aliphatic hydroxyl groups is 1. The Morgan fingerprint density at radius 3 is 2.09 bits per heavy atom. The van der Waals surface area contributed by atoms with Crippen LogP contribution in [0.4, 0.5) is 5.69 Å². The molecule has 5 aromatic carbocycles. The molecule has 0 spiro atoms. The van der Waals surface area contributed by atoms with Crippen LogP contribution >= 0.6 is 0 Å². The number of hydrogen-bond acceptors (Lipinski definition) is 6. The van der Waals surface area contributed by atoms with Gasteiger partial charge in [0.2, 0.25) is 0 Å². The molecule has 2 aliphatic rings. The fourth-order valence-electron chi connectivity index (χ4n) is 6.44. The summed E-state index contributed by atoms with van der Waals surface area (Å²) >= 11 is 0. The van der Waals surface area contributed by atoms with Crippen LogP contribution in [0.25, 0.3) is 10.8 Å². The molecule has 2 aliphatic heterocycles. The lowest BCUT2D eigenvalue weighted by molar-refractivity contribution is -0.253. The van der Waals surface area contributed by atoms with Crippen molar-refractivity contribution < 1.29 is 24.2 Å². The summed E-state index contributed by atoms with van der Waals surface area (Å²) in [4.78, 5) is 29.6. The average Bonchev–Trinajstić information content (AvgIpc) is 3.36. The molecule has 46 heavy (non-hydrogen) atoms. The summed E-state index contributed by atoms with van der Waals surface area (Å²) in [5, 5.41) is 12.0. The Balaban J connectivity index is 1.12. The molecule has 1 saturated heterocycles. The molecule has 0 radical (unpaired) electrons. The van der Waals surface area contributed by atoms with E-state index < -0.39 is 6.29 Å². The van der Waals surface area contributed by atoms with E-state index in [9.17, 15) is 14.7 Å². The number of nitrogens with zero attached hydrogens (tertiary/aromatic N) is 2. The van der Waals surface area contributed by atoms with Crippen molar-refractivity contribution in [1.82, 2.24) is 4.90 Å². The molecule has 232 valence electrons. The van der Waals surface area contributed by atoms with E-state index in [1.165, 1.54) is 21.2 Å². The third-order valence-electron chi connectivity index (χ3n) is 9.24. The van der Waals surface area contributed by atoms with Crippen LogP contribution in [-0.2, 0) is 16.1 Å². The predicted molar refractivity (Wildman–Crippen MR) is 177 cm³/mol. The van der Waals surface area contributed by atoms with Gasteiger partial charge in [-0.15, -0.1) is 0 Å². The highest BCUT2D eigenvalue weighted by Gasteiger charge is 2.37. The fraction of sp³-hybridized carbons (Fsp3) is 0.231. The van der Waals surface area contributed by atoms with E-state index in [0.29, 0.717) is 29.8 Å². The Morgan fingerprint density at radius 1 is 0.783 bits per heavy atom. The molecule has 4 atom stereocenters. The van der Waals surface area contributed by atoms with Crippen molar-refractivity contribution in [3.8, 4) is 0 Å². The summed E-state index contributed by atoms with van der Waals surface area (Å²) in [6.07, 6.45) is -0.347. The third-order valence-corrected chi connectivity index (χ3v) is 9.24. The van der Waals surface area contributed by atoms with Crippen molar-refractivity contribution in [2.75, 3.05) is 18.5 Å². The number of amides is 2. The quantitative estimate of drug-likeness (QED) is 0.184. The highest BCUT2D eigenvalue weighted by molar-refractivity contribution is 6.34. The lowest BCUT2D eigenvalue weighted by atomic mass is 9.98. The van der Waals surface area contributed by atoms with Crippen LogP contribution < -0.4 is 4.90 Å². The van der Waals surface area contributed by atoms with E-state index in [0.717, 1.165) is 16.7 Å². The van der Waals surface area contributed by atoms with Crippen molar-refractivity contribution in [2.24, 2.45) is 0 Å². The van der Waals surface area contributed by atoms with Gasteiger partial charge in [-0.2, -0.15) is 0 Å². The maximum atomic E-state index is 13.0. The van der Waals surface area contributed by atoms with Gasteiger partial charge in [0.1, 0.15) is 0 Å². The summed E-state index contributed by atoms with van der Waals surface area (Å²) < 4.78 is 13.1. The van der Waals surface area contributed by atoms with Crippen LogP contribution in [0.3, 0.4) is 0 Å². The summed E-state index contributed by atoms with van der Waals surface area (Å²) in [5.74, 6) is -0.651. The van der Waals surface area contributed by atoms with Gasteiger partial charge in [0.05, 0.1) is 35.6 Å². The molecule has 0 aliphatic carbocycles. The van der Waals surface area contributed by atoms with Gasteiger partial charge in [0.25, 0.3) is 11.8 Å². The highest BCUT2D eigenvalue weighted by Crippen LogP contribution is 2.39. The molecular formula is C39H36N2O5. The van der Waals surface area contributed by atoms with Crippen LogP contribution in [0.15, 0.2) is 115 Å². The maximum absolute atomic E-state index is 13.0. The molecule has 2 heterocycles. The molecular weight excluding hydrogens is 576 g/mol. The molecule has 0 aromatic heterocycles. The number of rotatable bonds is 8. The number of aliphatic hydroxyl groups excluding tert-OH is 1. The minimum absolute atomic E-state index is 0.0168. The van der Waals surface area contributed by atoms with Crippen molar-refractivity contribution in [1.29, 1.82) is 0 Å². The second-order valence-electron chi connectivity index (χ2n) is 12.2. The zero-order valence-corrected chi connectivity index (χ0v) is 25.9. The summed E-state index contributed by atoms with van der Waals surface area (Å²) in [7, 11) is 2.12. The number of imide groups is 1. The SMILES string of the molecule is C[C@H](c1ccc2ccccc2c1)N(C)C[C@@H]1C[C@H](c2ccc(CO)cc2)O[C@H](c2ccc(N3C(=O)c4ccccc4C3=O)cc2)O1. The van der Waals surface area contributed by atoms with Crippen LogP contribution in [-0.4, -0.2) is 41.5 Å². The minimum Gasteiger partial charge on any atom is -0.392 e. The Bertz CT molecular complexity index is 1850. The maximum Gasteiger partial charge on any atom is 0.266 e. The second kappa shape index (κ2) is 12.6. The number of anilines is 1. The number of benzene rings is 5. The fourth-order valence-corrected chi connectivity index (χ4v) is 6.44. The lowest BCUT2D eigenvalue weighted by Crippen LogP contribution is -2.38. The van der Waals surface area contributed by atoms with Crippen LogP contribution in [0.2, 0.25) is 0 Å². The van der Waals surface area contributed by atoms with E-state index in [4.69, 9.17) is 9.47 Å². The van der Waals surface area contributed by atoms with Gasteiger partial charge in [-0.25, -0.2) is 4.90 Å². The van der Waals surface area contributed by atoms with Gasteiger partial charge in [-0.1, -0.05) is 84.9 Å². The Kier molecular flexibility index (Phi) is 8.23. The number of fused-ring (bicyclic) bond motifs is 2. The molecule has 0 unspecified atom stereocenters. The second-order valence-corrected chi connectivity index (χ2v) is 12.2. The topological polar surface area (TPSA) is 79.3 Å². The van der Waals surface area contributed by atoms with Gasteiger partial charge in [0.15, 0.2) is 6.29 Å². The number of carbonyl (C=O) groups is 2. The molecule has 1 N–H and O–H groups in total. The minimum atomic E-state index is -0.651. The van der Waals surface area contributed by atoms with Crippen LogP contribution in [0.5, 0.6) is 0 Å². The Hall–Kier alpha value is -4.66. The first-order valence-electron chi connectivity index (χ1n) is 15.7. The van der Waals surface area contributed by atoms with Gasteiger partial charge >= 0.3 is 0 Å². The first kappa shape index (κ1) is 30.0. The Labute approximate surface area is 268 Å². The van der Waals surface area contributed by atoms with Gasteiger partial charge < -0.3 is 14.6 Å². The van der Waals surface area contributed by atoms with E-state index >= 15 is 0 Å². The number of ether oxygens (including phenoxy) is 2. The molecule has 7 rings (SSSR count). The van der Waals surface area contributed by atoms with Gasteiger partial charge in [-0.05, 0) is 71.8 Å². The van der Waals surface area contributed by atoms with Crippen molar-refractivity contribution in [3.05, 3.63) is 149 Å². The number of likely N-dealkylation sites (N-methyl/N-ethyl adjacent to an activating group) is 1. The summed E-state index contributed by atoms with van der Waals surface area (Å²) in [6, 6.07) is 37.2. The van der Waals surface area contributed by atoms with E-state index in [2.05, 4.69) is 61.3 Å². The molecule has 7 heteroatoms. The van der Waals surface area contributed by atoms with Crippen molar-refractivity contribution >= 4 is 28.3 Å². The monoisotopic (exact) mass is 612 g/mol. The lowest BCUT2D eigenvalue weighted by Gasteiger charge is -2.39. The normalized spacial score (nSPS) is 20.3. The summed E-state index contributed by atoms with van der Waals surface area (Å²) in [6.45, 7) is 2.88. The highest BCUT2D eigenvalue weighted by atomic mass is 16.7. The third kappa shape index (κ3) is 5.74.